The first kappa shape index (κ1) is 18.7. The van der Waals surface area contributed by atoms with E-state index in [4.69, 9.17) is 6.85 Å². The highest BCUT2D eigenvalue weighted by molar-refractivity contribution is 7.35. The van der Waals surface area contributed by atoms with Gasteiger partial charge in [0.15, 0.2) is 0 Å². The number of anilines is 6. The molecule has 0 N–H and O–H groups in total. The van der Waals surface area contributed by atoms with Gasteiger partial charge in [-0.15, -0.1) is 22.7 Å². The van der Waals surface area contributed by atoms with Crippen molar-refractivity contribution in [2.24, 2.45) is 0 Å². The molecule has 0 bridgehead atoms. The zero-order valence-electron chi connectivity index (χ0n) is 31.6. The molecule has 4 heterocycles. The summed E-state index contributed by atoms with van der Waals surface area (Å²) < 4.78 is 73.8. The van der Waals surface area contributed by atoms with Crippen molar-refractivity contribution in [3.63, 3.8) is 0 Å². The Labute approximate surface area is 281 Å². The maximum atomic E-state index is 9.59. The average Bonchev–Trinajstić information content (AvgIpc) is 3.76. The summed E-state index contributed by atoms with van der Waals surface area (Å²) >= 11 is 3.28. The maximum absolute atomic E-state index is 9.59. The van der Waals surface area contributed by atoms with Gasteiger partial charge in [0.2, 0.25) is 0 Å². The Kier molecular flexibility index (Phi) is 4.02. The lowest BCUT2D eigenvalue weighted by Gasteiger charge is -2.42. The molecule has 2 aliphatic heterocycles. The van der Waals surface area contributed by atoms with Crippen molar-refractivity contribution < 1.29 is 11.0 Å². The Hall–Kier alpha value is -5.10. The van der Waals surface area contributed by atoms with Crippen LogP contribution >= 0.6 is 22.7 Å². The van der Waals surface area contributed by atoms with E-state index in [9.17, 15) is 4.11 Å². The Morgan fingerprint density at radius 3 is 1.98 bits per heavy atom. The lowest BCUT2D eigenvalue weighted by atomic mass is 9.36. The summed E-state index contributed by atoms with van der Waals surface area (Å²) in [6, 6.07) is 31.6. The highest BCUT2D eigenvalue weighted by Gasteiger charge is 2.46. The van der Waals surface area contributed by atoms with E-state index < -0.39 is 18.1 Å². The number of benzene rings is 6. The van der Waals surface area contributed by atoms with Gasteiger partial charge in [0.05, 0.1) is 21.7 Å². The minimum absolute atomic E-state index is 0.00763. The minimum Gasteiger partial charge on any atom is -0.310 e. The van der Waals surface area contributed by atoms with Crippen LogP contribution in [0.15, 0.2) is 151 Å². The van der Waals surface area contributed by atoms with Crippen molar-refractivity contribution in [3.8, 4) is 11.1 Å². The van der Waals surface area contributed by atoms with Gasteiger partial charge in [-0.05, 0) is 82.0 Å². The summed E-state index contributed by atoms with van der Waals surface area (Å²) in [6.07, 6.45) is 0. The predicted octanol–water partition coefficient (Wildman–Crippen LogP) is 9.87. The first-order valence-corrected chi connectivity index (χ1v) is 16.3. The molecule has 2 nitrogen and oxygen atoms in total. The van der Waals surface area contributed by atoms with Crippen LogP contribution in [-0.4, -0.2) is 6.71 Å². The zero-order chi connectivity index (χ0) is 36.4. The molecule has 0 aliphatic carbocycles. The molecular formula is C40H25BN2S2. The lowest BCUT2D eigenvalue weighted by molar-refractivity contribution is 1.28. The van der Waals surface area contributed by atoms with Crippen molar-refractivity contribution in [2.45, 2.75) is 0 Å². The highest BCUT2D eigenvalue weighted by atomic mass is 32.1. The van der Waals surface area contributed by atoms with E-state index in [1.165, 1.54) is 0 Å². The monoisotopic (exact) mass is 616 g/mol. The first-order chi connectivity index (χ1) is 25.7. The molecule has 0 radical (unpaired) electrons. The third kappa shape index (κ3) is 3.62. The van der Waals surface area contributed by atoms with Gasteiger partial charge in [-0.2, -0.15) is 0 Å². The highest BCUT2D eigenvalue weighted by Crippen LogP contribution is 2.50. The quantitative estimate of drug-likeness (QED) is 0.182. The Morgan fingerprint density at radius 1 is 0.533 bits per heavy atom. The predicted molar refractivity (Wildman–Crippen MR) is 197 cm³/mol. The van der Waals surface area contributed by atoms with Crippen LogP contribution in [0, 0.1) is 0 Å². The van der Waals surface area contributed by atoms with Gasteiger partial charge < -0.3 is 9.80 Å². The van der Waals surface area contributed by atoms with E-state index in [0.717, 1.165) is 57.9 Å². The second-order valence-corrected chi connectivity index (χ2v) is 13.2. The molecule has 0 saturated heterocycles. The molecule has 0 unspecified atom stereocenters. The largest absolute Gasteiger partial charge is 0.310 e. The molecule has 8 aromatic rings. The second kappa shape index (κ2) is 9.70. The molecule has 0 saturated carbocycles. The van der Waals surface area contributed by atoms with Gasteiger partial charge in [-0.1, -0.05) is 96.9 Å². The number of hydrogen-bond acceptors (Lipinski definition) is 4. The molecule has 0 atom stereocenters. The van der Waals surface area contributed by atoms with E-state index in [1.54, 1.807) is 22.7 Å². The SMILES string of the molecule is [2H]c1c([2H])c([2H])c(-c2ccc3sc4c(c3c2)N(c2ccccc2)c2c([2H])c([2H])c([2H])c3c2B4c2c(sc4ccccc24)N3c2ccccc2)c([2H])c1[2H]. The lowest BCUT2D eigenvalue weighted by Crippen LogP contribution is -2.60. The molecule has 0 fully saturated rings. The van der Waals surface area contributed by atoms with Crippen molar-refractivity contribution in [2.75, 3.05) is 9.80 Å². The molecule has 2 aliphatic rings. The Morgan fingerprint density at radius 2 is 1.20 bits per heavy atom. The van der Waals surface area contributed by atoms with Crippen LogP contribution < -0.4 is 25.5 Å². The van der Waals surface area contributed by atoms with Gasteiger partial charge >= 0.3 is 0 Å². The van der Waals surface area contributed by atoms with Gasteiger partial charge in [0.1, 0.15) is 0 Å². The summed E-state index contributed by atoms with van der Waals surface area (Å²) in [7, 11) is 0. The van der Waals surface area contributed by atoms with Crippen LogP contribution in [0.5, 0.6) is 0 Å². The summed E-state index contributed by atoms with van der Waals surface area (Å²) in [5.74, 6) is 0. The number of rotatable bonds is 3. The van der Waals surface area contributed by atoms with Crippen LogP contribution in [0.1, 0.15) is 11.0 Å². The average molecular weight is 617 g/mol. The summed E-state index contributed by atoms with van der Waals surface area (Å²) in [5.41, 5.74) is 6.05. The fourth-order valence-electron chi connectivity index (χ4n) is 6.88. The van der Waals surface area contributed by atoms with Crippen LogP contribution in [0.3, 0.4) is 0 Å². The van der Waals surface area contributed by atoms with E-state index in [0.29, 0.717) is 16.9 Å². The van der Waals surface area contributed by atoms with Crippen LogP contribution in [0.4, 0.5) is 33.4 Å². The normalized spacial score (nSPS) is 15.7. The fourth-order valence-corrected chi connectivity index (χ4v) is 9.44. The van der Waals surface area contributed by atoms with Crippen LogP contribution in [0.25, 0.3) is 31.3 Å². The standard InChI is InChI=1S/C40H25BN2S2/c1-4-13-26(14-5-1)27-23-24-35-31(25-27)38-39(44-35)41-36-30-19-10-11-22-34(30)45-40(36)43(29-17-8-3-9-18-29)33-21-12-20-32(37(33)41)42(38)28-15-6-2-7-16-28/h1-25H/i1D,4D,5D,12D,13D,14D,20D,21D. The summed E-state index contributed by atoms with van der Waals surface area (Å²) in [5, 5.41) is 2.85. The van der Waals surface area contributed by atoms with E-state index in [-0.39, 0.29) is 42.5 Å². The number of nitrogens with zero attached hydrogens (tertiary/aromatic N) is 2. The summed E-state index contributed by atoms with van der Waals surface area (Å²) in [6.45, 7) is -0.378. The van der Waals surface area contributed by atoms with Crippen molar-refractivity contribution >= 4 is 98.7 Å². The number of hydrogen-bond donors (Lipinski definition) is 0. The maximum Gasteiger partial charge on any atom is 0.266 e. The molecule has 0 amide bonds. The first-order valence-electron chi connectivity index (χ1n) is 18.7. The van der Waals surface area contributed by atoms with Crippen molar-refractivity contribution in [3.05, 3.63) is 151 Å². The van der Waals surface area contributed by atoms with Gasteiger partial charge in [-0.3, -0.25) is 0 Å². The molecule has 5 heteroatoms. The second-order valence-electron chi connectivity index (χ2n) is 11.1. The van der Waals surface area contributed by atoms with E-state index in [2.05, 4.69) is 17.0 Å². The van der Waals surface area contributed by atoms with Gasteiger partial charge in [-0.25, -0.2) is 0 Å². The fraction of sp³-hybridized carbons (Fsp3) is 0. The van der Waals surface area contributed by atoms with Crippen molar-refractivity contribution in [1.29, 1.82) is 0 Å². The number of para-hydroxylation sites is 2. The van der Waals surface area contributed by atoms with Crippen LogP contribution in [0.2, 0.25) is 0 Å². The summed E-state index contributed by atoms with van der Waals surface area (Å²) in [4.78, 5) is 4.14. The topological polar surface area (TPSA) is 6.48 Å². The molecule has 6 aromatic carbocycles. The smallest absolute Gasteiger partial charge is 0.266 e. The third-order valence-electron chi connectivity index (χ3n) is 8.71. The van der Waals surface area contributed by atoms with E-state index in [1.807, 2.05) is 95.9 Å². The minimum atomic E-state index is -0.441. The Balaban J connectivity index is 1.37. The molecular weight excluding hydrogens is 583 g/mol. The third-order valence-corrected chi connectivity index (χ3v) is 11.1. The van der Waals surface area contributed by atoms with Gasteiger partial charge in [0.25, 0.3) is 6.71 Å². The van der Waals surface area contributed by atoms with Crippen molar-refractivity contribution in [1.82, 2.24) is 0 Å². The zero-order valence-corrected chi connectivity index (χ0v) is 25.2. The van der Waals surface area contributed by atoms with Gasteiger partial charge in [0, 0.05) is 42.3 Å². The molecule has 0 spiro atoms. The number of thiophene rings is 2. The Bertz CT molecular complexity index is 2830. The number of fused-ring (bicyclic) bond motifs is 8. The molecule has 10 rings (SSSR count). The molecule has 210 valence electrons. The molecule has 45 heavy (non-hydrogen) atoms. The van der Waals surface area contributed by atoms with Crippen LogP contribution in [-0.2, 0) is 0 Å². The molecule has 2 aromatic heterocycles. The van der Waals surface area contributed by atoms with E-state index >= 15 is 0 Å².